The van der Waals surface area contributed by atoms with Gasteiger partial charge in [0.2, 0.25) is 5.91 Å². The molecule has 0 bridgehead atoms. The molecule has 1 aliphatic heterocycles. The number of fused-ring (bicyclic) bond motifs is 1. The van der Waals surface area contributed by atoms with Crippen LogP contribution in [0.3, 0.4) is 0 Å². The Kier molecular flexibility index (Phi) is 8.26. The van der Waals surface area contributed by atoms with Crippen molar-refractivity contribution in [2.24, 2.45) is 5.92 Å². The Balaban J connectivity index is 1.40. The molecule has 1 saturated heterocycles. The van der Waals surface area contributed by atoms with E-state index in [1.54, 1.807) is 6.33 Å². The van der Waals surface area contributed by atoms with Gasteiger partial charge in [0, 0.05) is 44.0 Å². The fraction of sp³-hybridized carbons (Fsp3) is 0.448. The number of carbonyl (C=O) groups is 2. The molecule has 8 nitrogen and oxygen atoms in total. The summed E-state index contributed by atoms with van der Waals surface area (Å²) < 4.78 is 5.35. The van der Waals surface area contributed by atoms with E-state index in [9.17, 15) is 9.59 Å². The zero-order chi connectivity index (χ0) is 26.4. The van der Waals surface area contributed by atoms with Crippen molar-refractivity contribution in [3.8, 4) is 0 Å². The van der Waals surface area contributed by atoms with Crippen molar-refractivity contribution in [3.63, 3.8) is 0 Å². The van der Waals surface area contributed by atoms with Gasteiger partial charge in [0.25, 0.3) is 0 Å². The molecule has 1 aliphatic rings. The van der Waals surface area contributed by atoms with Crippen LogP contribution in [0.1, 0.15) is 38.3 Å². The van der Waals surface area contributed by atoms with Gasteiger partial charge in [-0.2, -0.15) is 0 Å². The van der Waals surface area contributed by atoms with E-state index in [0.29, 0.717) is 45.6 Å². The predicted octanol–water partition coefficient (Wildman–Crippen LogP) is 4.36. The summed E-state index contributed by atoms with van der Waals surface area (Å²) in [6, 6.07) is 16.3. The topological polar surface area (TPSA) is 87.7 Å². The first-order valence-electron chi connectivity index (χ1n) is 13.0. The molecule has 37 heavy (non-hydrogen) atoms. The standard InChI is InChI=1S/C29H37N5O3/c1-21-9-11-22(12-10-21)19-23(13-14-30-28(36)37-29(2,3)4)27(35)34-17-15-33(16-18-34)26-24-7-5-6-8-25(24)31-20-32-26/h5-12,20,23H,13-19H2,1-4H3,(H,30,36). The highest BCUT2D eigenvalue weighted by Gasteiger charge is 2.29. The number of benzene rings is 2. The number of para-hydroxylation sites is 1. The van der Waals surface area contributed by atoms with Crippen LogP contribution in [-0.4, -0.2) is 65.2 Å². The first kappa shape index (κ1) is 26.4. The molecule has 1 atom stereocenters. The van der Waals surface area contributed by atoms with Gasteiger partial charge in [0.15, 0.2) is 0 Å². The summed E-state index contributed by atoms with van der Waals surface area (Å²) in [4.78, 5) is 38.9. The molecule has 3 aromatic rings. The number of aromatic nitrogens is 2. The number of carbonyl (C=O) groups excluding carboxylic acids is 2. The second kappa shape index (κ2) is 11.6. The van der Waals surface area contributed by atoms with Crippen molar-refractivity contribution in [1.82, 2.24) is 20.2 Å². The Bertz CT molecular complexity index is 1210. The number of rotatable bonds is 7. The van der Waals surface area contributed by atoms with Crippen molar-refractivity contribution in [2.45, 2.75) is 46.1 Å². The Labute approximate surface area is 219 Å². The molecule has 1 aromatic heterocycles. The van der Waals surface area contributed by atoms with Crippen LogP contribution in [0.25, 0.3) is 10.9 Å². The maximum atomic E-state index is 13.7. The maximum absolute atomic E-state index is 13.7. The zero-order valence-corrected chi connectivity index (χ0v) is 22.2. The van der Waals surface area contributed by atoms with Gasteiger partial charge in [-0.05, 0) is 58.2 Å². The van der Waals surface area contributed by atoms with Crippen molar-refractivity contribution in [2.75, 3.05) is 37.6 Å². The summed E-state index contributed by atoms with van der Waals surface area (Å²) in [5.74, 6) is 0.804. The SMILES string of the molecule is Cc1ccc(CC(CCNC(=O)OC(C)(C)C)C(=O)N2CCN(c3ncnc4ccccc34)CC2)cc1. The molecule has 0 aliphatic carbocycles. The molecule has 0 radical (unpaired) electrons. The summed E-state index contributed by atoms with van der Waals surface area (Å²) >= 11 is 0. The highest BCUT2D eigenvalue weighted by molar-refractivity contribution is 5.89. The Morgan fingerprint density at radius 1 is 1.00 bits per heavy atom. The van der Waals surface area contributed by atoms with E-state index in [1.165, 1.54) is 5.56 Å². The molecule has 4 rings (SSSR count). The lowest BCUT2D eigenvalue weighted by Crippen LogP contribution is -2.51. The number of hydrogen-bond acceptors (Lipinski definition) is 6. The molecule has 0 spiro atoms. The number of amides is 2. The van der Waals surface area contributed by atoms with Crippen molar-refractivity contribution >= 4 is 28.7 Å². The number of hydrogen-bond donors (Lipinski definition) is 1. The molecule has 2 amide bonds. The first-order chi connectivity index (χ1) is 17.7. The highest BCUT2D eigenvalue weighted by Crippen LogP contribution is 2.24. The van der Waals surface area contributed by atoms with Gasteiger partial charge in [-0.1, -0.05) is 42.0 Å². The molecule has 2 aromatic carbocycles. The van der Waals surface area contributed by atoms with E-state index in [2.05, 4.69) is 51.4 Å². The van der Waals surface area contributed by atoms with E-state index in [0.717, 1.165) is 22.3 Å². The molecular formula is C29H37N5O3. The summed E-state index contributed by atoms with van der Waals surface area (Å²) in [7, 11) is 0. The summed E-state index contributed by atoms with van der Waals surface area (Å²) in [5, 5.41) is 3.84. The van der Waals surface area contributed by atoms with E-state index in [-0.39, 0.29) is 11.8 Å². The third kappa shape index (κ3) is 7.18. The lowest BCUT2D eigenvalue weighted by molar-refractivity contribution is -0.136. The summed E-state index contributed by atoms with van der Waals surface area (Å²) in [5.41, 5.74) is 2.66. The average Bonchev–Trinajstić information content (AvgIpc) is 2.87. The molecule has 8 heteroatoms. The Hall–Kier alpha value is -3.68. The molecule has 0 saturated carbocycles. The quantitative estimate of drug-likeness (QED) is 0.516. The van der Waals surface area contributed by atoms with Crippen molar-refractivity contribution in [3.05, 3.63) is 66.0 Å². The number of anilines is 1. The van der Waals surface area contributed by atoms with Gasteiger partial charge in [-0.15, -0.1) is 0 Å². The Morgan fingerprint density at radius 2 is 1.70 bits per heavy atom. The minimum absolute atomic E-state index is 0.124. The van der Waals surface area contributed by atoms with Crippen LogP contribution in [-0.2, 0) is 16.0 Å². The van der Waals surface area contributed by atoms with Gasteiger partial charge in [-0.25, -0.2) is 14.8 Å². The lowest BCUT2D eigenvalue weighted by Gasteiger charge is -2.37. The van der Waals surface area contributed by atoms with E-state index in [4.69, 9.17) is 4.74 Å². The normalized spacial score (nSPS) is 14.9. The van der Waals surface area contributed by atoms with Crippen LogP contribution in [0.5, 0.6) is 0 Å². The van der Waals surface area contributed by atoms with Gasteiger partial charge >= 0.3 is 6.09 Å². The fourth-order valence-electron chi connectivity index (χ4n) is 4.62. The second-order valence-corrected chi connectivity index (χ2v) is 10.6. The maximum Gasteiger partial charge on any atom is 0.407 e. The van der Waals surface area contributed by atoms with Crippen LogP contribution >= 0.6 is 0 Å². The smallest absolute Gasteiger partial charge is 0.407 e. The van der Waals surface area contributed by atoms with Crippen LogP contribution < -0.4 is 10.2 Å². The number of piperazine rings is 1. The third-order valence-electron chi connectivity index (χ3n) is 6.53. The number of ether oxygens (including phenoxy) is 1. The number of aryl methyl sites for hydroxylation is 1. The Morgan fingerprint density at radius 3 is 2.41 bits per heavy atom. The van der Waals surface area contributed by atoms with Crippen LogP contribution in [0.15, 0.2) is 54.9 Å². The zero-order valence-electron chi connectivity index (χ0n) is 22.2. The predicted molar refractivity (Wildman–Crippen MR) is 146 cm³/mol. The minimum Gasteiger partial charge on any atom is -0.444 e. The van der Waals surface area contributed by atoms with Gasteiger partial charge in [0.05, 0.1) is 5.52 Å². The minimum atomic E-state index is -0.560. The van der Waals surface area contributed by atoms with Gasteiger partial charge < -0.3 is 19.9 Å². The van der Waals surface area contributed by atoms with Crippen LogP contribution in [0.4, 0.5) is 10.6 Å². The van der Waals surface area contributed by atoms with Gasteiger partial charge in [-0.3, -0.25) is 4.79 Å². The van der Waals surface area contributed by atoms with Crippen molar-refractivity contribution in [1.29, 1.82) is 0 Å². The fourth-order valence-corrected chi connectivity index (χ4v) is 4.62. The average molecular weight is 504 g/mol. The molecule has 2 heterocycles. The highest BCUT2D eigenvalue weighted by atomic mass is 16.6. The number of nitrogens with one attached hydrogen (secondary N) is 1. The largest absolute Gasteiger partial charge is 0.444 e. The molecule has 196 valence electrons. The van der Waals surface area contributed by atoms with Crippen LogP contribution in [0.2, 0.25) is 0 Å². The summed E-state index contributed by atoms with van der Waals surface area (Å²) in [6.45, 7) is 10.6. The molecular weight excluding hydrogens is 466 g/mol. The molecule has 1 fully saturated rings. The van der Waals surface area contributed by atoms with E-state index >= 15 is 0 Å². The third-order valence-corrected chi connectivity index (χ3v) is 6.53. The first-order valence-corrected chi connectivity index (χ1v) is 13.0. The number of nitrogens with zero attached hydrogens (tertiary/aromatic N) is 4. The molecule has 1 unspecified atom stereocenters. The van der Waals surface area contributed by atoms with E-state index in [1.807, 2.05) is 49.9 Å². The second-order valence-electron chi connectivity index (χ2n) is 10.6. The monoisotopic (exact) mass is 503 g/mol. The van der Waals surface area contributed by atoms with Gasteiger partial charge in [0.1, 0.15) is 17.7 Å². The van der Waals surface area contributed by atoms with Crippen molar-refractivity contribution < 1.29 is 14.3 Å². The van der Waals surface area contributed by atoms with Crippen LogP contribution in [0, 0.1) is 12.8 Å². The lowest BCUT2D eigenvalue weighted by atomic mass is 9.94. The summed E-state index contributed by atoms with van der Waals surface area (Å²) in [6.07, 6.45) is 2.32. The molecule has 1 N–H and O–H groups in total. The van der Waals surface area contributed by atoms with E-state index < -0.39 is 11.7 Å². The number of alkyl carbamates (subject to hydrolysis) is 1.